The molecule has 0 fully saturated rings. The molecule has 0 heterocycles. The molecule has 1 amide bonds. The van der Waals surface area contributed by atoms with Crippen molar-refractivity contribution < 1.29 is 31.5 Å². The zero-order valence-electron chi connectivity index (χ0n) is 13.1. The minimum atomic E-state index is -4.62. The van der Waals surface area contributed by atoms with Crippen LogP contribution in [0, 0.1) is 11.6 Å². The largest absolute Gasteiger partial charge is 0.483 e. The number of ether oxygens (including phenoxy) is 1. The highest BCUT2D eigenvalue weighted by Gasteiger charge is 2.34. The molecule has 0 atom stereocenters. The molecule has 3 nitrogen and oxygen atoms in total. The van der Waals surface area contributed by atoms with E-state index in [-0.39, 0.29) is 12.2 Å². The second-order valence-electron chi connectivity index (χ2n) is 5.02. The number of hydrogen-bond donors (Lipinski definition) is 0. The van der Waals surface area contributed by atoms with Crippen LogP contribution in [0.5, 0.6) is 5.75 Å². The predicted octanol–water partition coefficient (Wildman–Crippen LogP) is 4.42. The van der Waals surface area contributed by atoms with Gasteiger partial charge in [-0.25, -0.2) is 8.78 Å². The number of benzene rings is 2. The summed E-state index contributed by atoms with van der Waals surface area (Å²) in [4.78, 5) is 13.3. The molecule has 0 aliphatic carbocycles. The van der Waals surface area contributed by atoms with Gasteiger partial charge in [-0.3, -0.25) is 4.79 Å². The van der Waals surface area contributed by atoms with Crippen molar-refractivity contribution in [2.45, 2.75) is 13.1 Å². The lowest BCUT2D eigenvalue weighted by molar-refractivity contribution is -0.139. The first-order valence-electron chi connectivity index (χ1n) is 7.28. The maximum absolute atomic E-state index is 13.3. The second kappa shape index (κ2) is 7.50. The summed E-state index contributed by atoms with van der Waals surface area (Å²) < 4.78 is 70.0. The topological polar surface area (TPSA) is 29.5 Å². The van der Waals surface area contributed by atoms with E-state index < -0.39 is 41.6 Å². The number of amides is 1. The third-order valence-electron chi connectivity index (χ3n) is 3.38. The fraction of sp³-hybridized carbons (Fsp3) is 0.235. The highest BCUT2D eigenvalue weighted by Crippen LogP contribution is 2.35. The molecule has 8 heteroatoms. The lowest BCUT2D eigenvalue weighted by Crippen LogP contribution is -2.35. The van der Waals surface area contributed by atoms with Crippen LogP contribution in [0.15, 0.2) is 42.5 Å². The quantitative estimate of drug-likeness (QED) is 0.740. The van der Waals surface area contributed by atoms with E-state index >= 15 is 0 Å². The fourth-order valence-corrected chi connectivity index (χ4v) is 2.20. The summed E-state index contributed by atoms with van der Waals surface area (Å²) in [5.74, 6) is -3.37. The molecule has 2 aromatic rings. The van der Waals surface area contributed by atoms with Gasteiger partial charge in [0.2, 0.25) is 0 Å². The lowest BCUT2D eigenvalue weighted by atomic mass is 10.2. The average molecular weight is 359 g/mol. The van der Waals surface area contributed by atoms with Crippen molar-refractivity contribution in [3.63, 3.8) is 0 Å². The predicted molar refractivity (Wildman–Crippen MR) is 81.3 cm³/mol. The van der Waals surface area contributed by atoms with Crippen molar-refractivity contribution in [2.24, 2.45) is 0 Å². The van der Waals surface area contributed by atoms with E-state index in [0.717, 1.165) is 29.2 Å². The Hall–Kier alpha value is -2.64. The van der Waals surface area contributed by atoms with Gasteiger partial charge in [0.1, 0.15) is 5.75 Å². The molecule has 0 radical (unpaired) electrons. The first-order chi connectivity index (χ1) is 11.7. The van der Waals surface area contributed by atoms with Gasteiger partial charge in [-0.2, -0.15) is 13.2 Å². The fourth-order valence-electron chi connectivity index (χ4n) is 2.20. The van der Waals surface area contributed by atoms with Crippen LogP contribution in [0.25, 0.3) is 0 Å². The zero-order chi connectivity index (χ0) is 18.6. The molecule has 2 rings (SSSR count). The molecule has 0 aliphatic rings. The first-order valence-corrected chi connectivity index (χ1v) is 7.28. The Morgan fingerprint density at radius 1 is 1.08 bits per heavy atom. The highest BCUT2D eigenvalue weighted by atomic mass is 19.4. The number of carbonyl (C=O) groups excluding carboxylic acids is 1. The van der Waals surface area contributed by atoms with Crippen LogP contribution < -0.4 is 9.64 Å². The summed E-state index contributed by atoms with van der Waals surface area (Å²) in [6.45, 7) is 1.01. The molecular weight excluding hydrogens is 345 g/mol. The molecule has 0 unspecified atom stereocenters. The number of anilines is 1. The number of alkyl halides is 3. The van der Waals surface area contributed by atoms with Crippen LogP contribution >= 0.6 is 0 Å². The van der Waals surface area contributed by atoms with Gasteiger partial charge in [0, 0.05) is 18.3 Å². The van der Waals surface area contributed by atoms with Gasteiger partial charge in [0.15, 0.2) is 18.2 Å². The maximum Gasteiger partial charge on any atom is 0.419 e. The minimum absolute atomic E-state index is 0.0825. The Kier molecular flexibility index (Phi) is 5.61. The maximum atomic E-state index is 13.3. The van der Waals surface area contributed by atoms with E-state index in [1.54, 1.807) is 6.92 Å². The molecule has 0 bridgehead atoms. The van der Waals surface area contributed by atoms with E-state index in [4.69, 9.17) is 4.74 Å². The van der Waals surface area contributed by atoms with Gasteiger partial charge >= 0.3 is 6.18 Å². The number of carbonyl (C=O) groups is 1. The van der Waals surface area contributed by atoms with Gasteiger partial charge in [0.05, 0.1) is 5.56 Å². The summed E-state index contributed by atoms with van der Waals surface area (Å²) in [7, 11) is 0. The van der Waals surface area contributed by atoms with E-state index in [9.17, 15) is 26.7 Å². The SMILES string of the molecule is CCN(C(=O)COc1ccccc1C(F)(F)F)c1ccc(F)c(F)c1. The van der Waals surface area contributed by atoms with Gasteiger partial charge in [-0.1, -0.05) is 12.1 Å². The number of hydrogen-bond acceptors (Lipinski definition) is 2. The zero-order valence-corrected chi connectivity index (χ0v) is 13.1. The summed E-state index contributed by atoms with van der Waals surface area (Å²) in [5, 5.41) is 0. The van der Waals surface area contributed by atoms with Crippen LogP contribution in [-0.2, 0) is 11.0 Å². The molecule has 0 aromatic heterocycles. The summed E-state index contributed by atoms with van der Waals surface area (Å²) in [5.41, 5.74) is -0.919. The number of rotatable bonds is 5. The number of nitrogens with zero attached hydrogens (tertiary/aromatic N) is 1. The lowest BCUT2D eigenvalue weighted by Gasteiger charge is -2.22. The molecule has 2 aromatic carbocycles. The van der Waals surface area contributed by atoms with Crippen LogP contribution in [0.2, 0.25) is 0 Å². The third kappa shape index (κ3) is 4.46. The van der Waals surface area contributed by atoms with Gasteiger partial charge in [-0.15, -0.1) is 0 Å². The summed E-state index contributed by atoms with van der Waals surface area (Å²) in [6.07, 6.45) is -4.62. The van der Waals surface area contributed by atoms with Crippen LogP contribution in [0.4, 0.5) is 27.6 Å². The molecular formula is C17H14F5NO2. The highest BCUT2D eigenvalue weighted by molar-refractivity contribution is 5.94. The van der Waals surface area contributed by atoms with Crippen molar-refractivity contribution in [3.8, 4) is 5.75 Å². The van der Waals surface area contributed by atoms with Crippen LogP contribution in [-0.4, -0.2) is 19.1 Å². The van der Waals surface area contributed by atoms with E-state index in [2.05, 4.69) is 0 Å². The van der Waals surface area contributed by atoms with E-state index in [1.807, 2.05) is 0 Å². The molecule has 134 valence electrons. The van der Waals surface area contributed by atoms with Crippen molar-refractivity contribution in [1.29, 1.82) is 0 Å². The molecule has 25 heavy (non-hydrogen) atoms. The van der Waals surface area contributed by atoms with E-state index in [1.165, 1.54) is 18.2 Å². The third-order valence-corrected chi connectivity index (χ3v) is 3.38. The van der Waals surface area contributed by atoms with Crippen molar-refractivity contribution in [1.82, 2.24) is 0 Å². The smallest absolute Gasteiger partial charge is 0.419 e. The molecule has 0 spiro atoms. The summed E-state index contributed by atoms with van der Waals surface area (Å²) in [6, 6.07) is 7.39. The molecule has 0 N–H and O–H groups in total. The number of para-hydroxylation sites is 1. The molecule has 0 saturated heterocycles. The Bertz CT molecular complexity index is 761. The van der Waals surface area contributed by atoms with Crippen molar-refractivity contribution >= 4 is 11.6 Å². The average Bonchev–Trinajstić information content (AvgIpc) is 2.56. The standard InChI is InChI=1S/C17H14F5NO2/c1-2-23(11-7-8-13(18)14(19)9-11)16(24)10-25-15-6-4-3-5-12(15)17(20,21)22/h3-9H,2,10H2,1H3. The monoisotopic (exact) mass is 359 g/mol. The summed E-state index contributed by atoms with van der Waals surface area (Å²) >= 11 is 0. The Balaban J connectivity index is 2.15. The van der Waals surface area contributed by atoms with Crippen LogP contribution in [0.1, 0.15) is 12.5 Å². The Labute approximate surface area is 140 Å². The first kappa shape index (κ1) is 18.7. The number of likely N-dealkylation sites (N-methyl/N-ethyl adjacent to an activating group) is 1. The van der Waals surface area contributed by atoms with Gasteiger partial charge < -0.3 is 9.64 Å². The normalized spacial score (nSPS) is 11.3. The number of halogens is 5. The van der Waals surface area contributed by atoms with E-state index in [0.29, 0.717) is 0 Å². The Morgan fingerprint density at radius 3 is 2.36 bits per heavy atom. The van der Waals surface area contributed by atoms with Gasteiger partial charge in [-0.05, 0) is 31.2 Å². The van der Waals surface area contributed by atoms with Gasteiger partial charge in [0.25, 0.3) is 5.91 Å². The van der Waals surface area contributed by atoms with Crippen LogP contribution in [0.3, 0.4) is 0 Å². The molecule has 0 aliphatic heterocycles. The Morgan fingerprint density at radius 2 is 1.76 bits per heavy atom. The van der Waals surface area contributed by atoms with Crippen molar-refractivity contribution in [3.05, 3.63) is 59.7 Å². The molecule has 0 saturated carbocycles. The minimum Gasteiger partial charge on any atom is -0.483 e. The second-order valence-corrected chi connectivity index (χ2v) is 5.02. The van der Waals surface area contributed by atoms with Crippen molar-refractivity contribution in [2.75, 3.05) is 18.1 Å².